The Hall–Kier alpha value is -1.99. The van der Waals surface area contributed by atoms with Gasteiger partial charge in [-0.3, -0.25) is 9.59 Å². The monoisotopic (exact) mass is 390 g/mol. The number of piperidine rings is 2. The SMILES string of the molecule is O=C(Cc1ccccc1F)N1CCC(C(=O)N2CCC3(CC2)OCCO3)CC1. The van der Waals surface area contributed by atoms with Gasteiger partial charge in [-0.25, -0.2) is 4.39 Å². The van der Waals surface area contributed by atoms with Crippen LogP contribution in [0.5, 0.6) is 0 Å². The summed E-state index contributed by atoms with van der Waals surface area (Å²) >= 11 is 0. The molecule has 0 N–H and O–H groups in total. The molecule has 1 aromatic carbocycles. The minimum absolute atomic E-state index is 0.0445. The van der Waals surface area contributed by atoms with Crippen LogP contribution in [0.3, 0.4) is 0 Å². The maximum atomic E-state index is 13.8. The van der Waals surface area contributed by atoms with E-state index < -0.39 is 5.79 Å². The van der Waals surface area contributed by atoms with E-state index in [0.29, 0.717) is 57.8 Å². The molecule has 1 spiro atoms. The van der Waals surface area contributed by atoms with E-state index in [4.69, 9.17) is 9.47 Å². The minimum Gasteiger partial charge on any atom is -0.347 e. The quantitative estimate of drug-likeness (QED) is 0.792. The first-order chi connectivity index (χ1) is 13.6. The molecule has 4 rings (SSSR count). The molecule has 2 amide bonds. The first-order valence-electron chi connectivity index (χ1n) is 10.1. The lowest BCUT2D eigenvalue weighted by atomic mass is 9.93. The van der Waals surface area contributed by atoms with Gasteiger partial charge in [-0.2, -0.15) is 0 Å². The zero-order valence-corrected chi connectivity index (χ0v) is 16.1. The first kappa shape index (κ1) is 19.3. The van der Waals surface area contributed by atoms with Crippen LogP contribution < -0.4 is 0 Å². The van der Waals surface area contributed by atoms with Crippen LogP contribution in [0.4, 0.5) is 4.39 Å². The maximum absolute atomic E-state index is 13.8. The molecular formula is C21H27FN2O4. The summed E-state index contributed by atoms with van der Waals surface area (Å²) in [5, 5.41) is 0. The van der Waals surface area contributed by atoms with Gasteiger partial charge in [0.2, 0.25) is 11.8 Å². The fourth-order valence-corrected chi connectivity index (χ4v) is 4.40. The Bertz CT molecular complexity index is 717. The third-order valence-corrected chi connectivity index (χ3v) is 6.15. The molecule has 6 nitrogen and oxygen atoms in total. The van der Waals surface area contributed by atoms with Crippen LogP contribution in [0.1, 0.15) is 31.2 Å². The van der Waals surface area contributed by atoms with Crippen LogP contribution in [0.2, 0.25) is 0 Å². The number of amides is 2. The third kappa shape index (κ3) is 4.05. The molecule has 0 aromatic heterocycles. The van der Waals surface area contributed by atoms with Gasteiger partial charge < -0.3 is 19.3 Å². The van der Waals surface area contributed by atoms with Crippen molar-refractivity contribution in [1.82, 2.24) is 9.80 Å². The number of likely N-dealkylation sites (tertiary alicyclic amines) is 2. The standard InChI is InChI=1S/C21H27FN2O4/c22-18-4-2-1-3-17(18)15-19(25)23-9-5-16(6-10-23)20(26)24-11-7-21(8-12-24)27-13-14-28-21/h1-4,16H,5-15H2. The number of halogens is 1. The lowest BCUT2D eigenvalue weighted by Crippen LogP contribution is -2.50. The Labute approximate surface area is 164 Å². The number of carbonyl (C=O) groups excluding carboxylic acids is 2. The Morgan fingerprint density at radius 1 is 1.00 bits per heavy atom. The molecule has 0 aliphatic carbocycles. The Morgan fingerprint density at radius 2 is 1.64 bits per heavy atom. The van der Waals surface area contributed by atoms with Crippen molar-refractivity contribution >= 4 is 11.8 Å². The van der Waals surface area contributed by atoms with Gasteiger partial charge in [0.15, 0.2) is 5.79 Å². The molecule has 0 unspecified atom stereocenters. The van der Waals surface area contributed by atoms with Crippen LogP contribution in [-0.2, 0) is 25.5 Å². The van der Waals surface area contributed by atoms with Crippen LogP contribution in [0, 0.1) is 11.7 Å². The molecule has 0 saturated carbocycles. The fourth-order valence-electron chi connectivity index (χ4n) is 4.40. The fraction of sp³-hybridized carbons (Fsp3) is 0.619. The van der Waals surface area contributed by atoms with E-state index in [1.54, 1.807) is 23.1 Å². The van der Waals surface area contributed by atoms with Crippen LogP contribution in [-0.4, -0.2) is 66.8 Å². The van der Waals surface area contributed by atoms with E-state index in [1.165, 1.54) is 6.07 Å². The van der Waals surface area contributed by atoms with Crippen LogP contribution in [0.15, 0.2) is 24.3 Å². The van der Waals surface area contributed by atoms with Crippen molar-refractivity contribution in [2.45, 2.75) is 37.9 Å². The van der Waals surface area contributed by atoms with Crippen molar-refractivity contribution in [2.24, 2.45) is 5.92 Å². The summed E-state index contributed by atoms with van der Waals surface area (Å²) in [4.78, 5) is 29.0. The van der Waals surface area contributed by atoms with E-state index in [0.717, 1.165) is 12.8 Å². The highest BCUT2D eigenvalue weighted by molar-refractivity contribution is 5.81. The predicted molar refractivity (Wildman–Crippen MR) is 99.9 cm³/mol. The summed E-state index contributed by atoms with van der Waals surface area (Å²) in [6.07, 6.45) is 2.84. The van der Waals surface area contributed by atoms with Gasteiger partial charge in [0.1, 0.15) is 5.82 Å². The van der Waals surface area contributed by atoms with Gasteiger partial charge in [-0.1, -0.05) is 18.2 Å². The predicted octanol–water partition coefficient (Wildman–Crippen LogP) is 1.97. The summed E-state index contributed by atoms with van der Waals surface area (Å²) < 4.78 is 25.2. The van der Waals surface area contributed by atoms with Gasteiger partial charge in [-0.15, -0.1) is 0 Å². The number of nitrogens with zero attached hydrogens (tertiary/aromatic N) is 2. The molecule has 0 atom stereocenters. The highest BCUT2D eigenvalue weighted by Crippen LogP contribution is 2.32. The largest absolute Gasteiger partial charge is 0.347 e. The van der Waals surface area contributed by atoms with E-state index in [-0.39, 0.29) is 30.0 Å². The average molecular weight is 390 g/mol. The molecular weight excluding hydrogens is 363 g/mol. The van der Waals surface area contributed by atoms with E-state index in [1.807, 2.05) is 4.90 Å². The number of carbonyl (C=O) groups is 2. The number of ether oxygens (including phenoxy) is 2. The van der Waals surface area contributed by atoms with E-state index in [9.17, 15) is 14.0 Å². The first-order valence-corrected chi connectivity index (χ1v) is 10.1. The highest BCUT2D eigenvalue weighted by Gasteiger charge is 2.42. The number of hydrogen-bond acceptors (Lipinski definition) is 4. The Morgan fingerprint density at radius 3 is 2.29 bits per heavy atom. The smallest absolute Gasteiger partial charge is 0.227 e. The van der Waals surface area contributed by atoms with Gasteiger partial charge >= 0.3 is 0 Å². The van der Waals surface area contributed by atoms with Crippen molar-refractivity contribution in [3.8, 4) is 0 Å². The second kappa shape index (κ2) is 8.17. The lowest BCUT2D eigenvalue weighted by molar-refractivity contribution is -0.188. The normalized spacial score (nSPS) is 22.6. The van der Waals surface area contributed by atoms with E-state index >= 15 is 0 Å². The molecule has 1 aromatic rings. The second-order valence-corrected chi connectivity index (χ2v) is 7.86. The molecule has 3 saturated heterocycles. The Balaban J connectivity index is 1.25. The van der Waals surface area contributed by atoms with Crippen molar-refractivity contribution < 1.29 is 23.5 Å². The molecule has 3 heterocycles. The van der Waals surface area contributed by atoms with Crippen LogP contribution in [0.25, 0.3) is 0 Å². The number of hydrogen-bond donors (Lipinski definition) is 0. The summed E-state index contributed by atoms with van der Waals surface area (Å²) in [5.74, 6) is -0.768. The lowest BCUT2D eigenvalue weighted by Gasteiger charge is -2.40. The van der Waals surface area contributed by atoms with Crippen LogP contribution >= 0.6 is 0 Å². The molecule has 0 bridgehead atoms. The molecule has 28 heavy (non-hydrogen) atoms. The minimum atomic E-state index is -0.473. The van der Waals surface area contributed by atoms with E-state index in [2.05, 4.69) is 0 Å². The van der Waals surface area contributed by atoms with Crippen molar-refractivity contribution in [3.05, 3.63) is 35.6 Å². The van der Waals surface area contributed by atoms with Gasteiger partial charge in [-0.05, 0) is 24.5 Å². The molecule has 3 fully saturated rings. The summed E-state index contributed by atoms with van der Waals surface area (Å²) in [6, 6.07) is 6.37. The molecule has 152 valence electrons. The Kier molecular flexibility index (Phi) is 5.64. The summed E-state index contributed by atoms with van der Waals surface area (Å²) in [6.45, 7) is 3.68. The highest BCUT2D eigenvalue weighted by atomic mass is 19.1. The molecule has 0 radical (unpaired) electrons. The zero-order chi connectivity index (χ0) is 19.6. The van der Waals surface area contributed by atoms with Crippen molar-refractivity contribution in [2.75, 3.05) is 39.4 Å². The average Bonchev–Trinajstić information content (AvgIpc) is 3.18. The zero-order valence-electron chi connectivity index (χ0n) is 16.1. The molecule has 3 aliphatic heterocycles. The topological polar surface area (TPSA) is 59.1 Å². The second-order valence-electron chi connectivity index (χ2n) is 7.86. The van der Waals surface area contributed by atoms with Gasteiger partial charge in [0.05, 0.1) is 19.6 Å². The molecule has 7 heteroatoms. The number of benzene rings is 1. The summed E-state index contributed by atoms with van der Waals surface area (Å²) in [7, 11) is 0. The maximum Gasteiger partial charge on any atom is 0.227 e. The third-order valence-electron chi connectivity index (χ3n) is 6.15. The van der Waals surface area contributed by atoms with Gasteiger partial charge in [0.25, 0.3) is 0 Å². The summed E-state index contributed by atoms with van der Waals surface area (Å²) in [5.41, 5.74) is 0.421. The molecule has 3 aliphatic rings. The number of rotatable bonds is 3. The van der Waals surface area contributed by atoms with Gasteiger partial charge in [0, 0.05) is 44.9 Å². The van der Waals surface area contributed by atoms with Crippen molar-refractivity contribution in [1.29, 1.82) is 0 Å². The van der Waals surface area contributed by atoms with Crippen molar-refractivity contribution in [3.63, 3.8) is 0 Å².